The fourth-order valence-electron chi connectivity index (χ4n) is 1.80. The van der Waals surface area contributed by atoms with Crippen molar-refractivity contribution >= 4 is 33.2 Å². The third kappa shape index (κ3) is 2.37. The Hall–Kier alpha value is -1.45. The molecule has 0 aliphatic rings. The Morgan fingerprint density at radius 2 is 1.89 bits per heavy atom. The lowest BCUT2D eigenvalue weighted by atomic mass is 10.2. The third-order valence-corrected chi connectivity index (χ3v) is 3.93. The van der Waals surface area contributed by atoms with Crippen LogP contribution >= 0.6 is 22.9 Å². The lowest BCUT2D eigenvalue weighted by molar-refractivity contribution is 0.630. The standard InChI is InChI=1S/C14H9ClFNS/c15-10-3-1-9(2-4-10)7-14-17-12-6-5-11(16)8-13(12)18-14/h1-6,8H,7H2. The molecule has 1 aromatic heterocycles. The molecule has 0 saturated carbocycles. The number of nitrogens with zero attached hydrogens (tertiary/aromatic N) is 1. The van der Waals surface area contributed by atoms with Gasteiger partial charge in [-0.25, -0.2) is 9.37 Å². The number of benzene rings is 2. The van der Waals surface area contributed by atoms with E-state index in [0.717, 1.165) is 32.2 Å². The molecule has 0 N–H and O–H groups in total. The molecule has 3 aromatic rings. The zero-order valence-corrected chi connectivity index (χ0v) is 10.9. The van der Waals surface area contributed by atoms with Crippen molar-refractivity contribution in [1.29, 1.82) is 0 Å². The topological polar surface area (TPSA) is 12.9 Å². The second kappa shape index (κ2) is 4.67. The van der Waals surface area contributed by atoms with E-state index in [1.54, 1.807) is 6.07 Å². The van der Waals surface area contributed by atoms with Crippen molar-refractivity contribution in [1.82, 2.24) is 4.98 Å². The van der Waals surface area contributed by atoms with Gasteiger partial charge in [0, 0.05) is 11.4 Å². The summed E-state index contributed by atoms with van der Waals surface area (Å²) in [6, 6.07) is 12.4. The summed E-state index contributed by atoms with van der Waals surface area (Å²) in [5.41, 5.74) is 2.00. The molecular weight excluding hydrogens is 269 g/mol. The number of thiazole rings is 1. The first-order valence-electron chi connectivity index (χ1n) is 5.50. The van der Waals surface area contributed by atoms with Gasteiger partial charge in [0.1, 0.15) is 5.82 Å². The van der Waals surface area contributed by atoms with E-state index in [0.29, 0.717) is 0 Å². The summed E-state index contributed by atoms with van der Waals surface area (Å²) in [5, 5.41) is 1.71. The van der Waals surface area contributed by atoms with Gasteiger partial charge in [-0.2, -0.15) is 0 Å². The first-order chi connectivity index (χ1) is 8.70. The van der Waals surface area contributed by atoms with Gasteiger partial charge in [-0.05, 0) is 35.9 Å². The Kier molecular flexibility index (Phi) is 3.02. The van der Waals surface area contributed by atoms with Crippen LogP contribution < -0.4 is 0 Å². The molecule has 0 spiro atoms. The van der Waals surface area contributed by atoms with E-state index in [-0.39, 0.29) is 5.82 Å². The van der Waals surface area contributed by atoms with E-state index in [2.05, 4.69) is 4.98 Å². The summed E-state index contributed by atoms with van der Waals surface area (Å²) < 4.78 is 14.0. The van der Waals surface area contributed by atoms with Gasteiger partial charge in [0.2, 0.25) is 0 Å². The van der Waals surface area contributed by atoms with Crippen molar-refractivity contribution in [2.75, 3.05) is 0 Å². The van der Waals surface area contributed by atoms with Crippen molar-refractivity contribution in [3.63, 3.8) is 0 Å². The van der Waals surface area contributed by atoms with E-state index in [1.807, 2.05) is 24.3 Å². The molecule has 0 fully saturated rings. The molecule has 0 aliphatic heterocycles. The van der Waals surface area contributed by atoms with E-state index >= 15 is 0 Å². The zero-order valence-electron chi connectivity index (χ0n) is 9.36. The minimum Gasteiger partial charge on any atom is -0.241 e. The van der Waals surface area contributed by atoms with Crippen molar-refractivity contribution < 1.29 is 4.39 Å². The third-order valence-electron chi connectivity index (χ3n) is 2.66. The minimum atomic E-state index is -0.218. The first-order valence-corrected chi connectivity index (χ1v) is 6.69. The molecule has 0 amide bonds. The van der Waals surface area contributed by atoms with Crippen LogP contribution in [0, 0.1) is 5.82 Å². The maximum atomic E-state index is 13.1. The highest BCUT2D eigenvalue weighted by Crippen LogP contribution is 2.25. The Morgan fingerprint density at radius 3 is 2.67 bits per heavy atom. The summed E-state index contributed by atoms with van der Waals surface area (Å²) in [6.45, 7) is 0. The number of fused-ring (bicyclic) bond motifs is 1. The van der Waals surface area contributed by atoms with Crippen LogP contribution in [0.5, 0.6) is 0 Å². The lowest BCUT2D eigenvalue weighted by Gasteiger charge is -1.97. The number of hydrogen-bond acceptors (Lipinski definition) is 2. The van der Waals surface area contributed by atoms with Crippen LogP contribution in [0.1, 0.15) is 10.6 Å². The zero-order chi connectivity index (χ0) is 12.5. The Labute approximate surface area is 113 Å². The average Bonchev–Trinajstić information content (AvgIpc) is 2.73. The van der Waals surface area contributed by atoms with Crippen LogP contribution in [-0.2, 0) is 6.42 Å². The average molecular weight is 278 g/mol. The fraction of sp³-hybridized carbons (Fsp3) is 0.0714. The molecule has 0 atom stereocenters. The molecule has 0 saturated heterocycles. The van der Waals surface area contributed by atoms with E-state index in [1.165, 1.54) is 23.5 Å². The van der Waals surface area contributed by atoms with Crippen LogP contribution in [0.3, 0.4) is 0 Å². The second-order valence-electron chi connectivity index (χ2n) is 4.02. The predicted octanol–water partition coefficient (Wildman–Crippen LogP) is 4.68. The summed E-state index contributed by atoms with van der Waals surface area (Å²) in [5.74, 6) is -0.218. The molecule has 18 heavy (non-hydrogen) atoms. The second-order valence-corrected chi connectivity index (χ2v) is 5.57. The van der Waals surface area contributed by atoms with Crippen LogP contribution in [-0.4, -0.2) is 4.98 Å². The number of rotatable bonds is 2. The number of halogens is 2. The summed E-state index contributed by atoms with van der Waals surface area (Å²) in [4.78, 5) is 4.49. The van der Waals surface area contributed by atoms with Gasteiger partial charge in [0.15, 0.2) is 0 Å². The Morgan fingerprint density at radius 1 is 1.11 bits per heavy atom. The molecule has 0 radical (unpaired) electrons. The van der Waals surface area contributed by atoms with Crippen molar-refractivity contribution in [2.45, 2.75) is 6.42 Å². The van der Waals surface area contributed by atoms with Gasteiger partial charge < -0.3 is 0 Å². The molecule has 1 heterocycles. The van der Waals surface area contributed by atoms with E-state index < -0.39 is 0 Å². The number of hydrogen-bond donors (Lipinski definition) is 0. The Bertz CT molecular complexity index is 691. The van der Waals surface area contributed by atoms with Crippen LogP contribution in [0.25, 0.3) is 10.2 Å². The predicted molar refractivity (Wildman–Crippen MR) is 73.8 cm³/mol. The molecule has 90 valence electrons. The molecule has 4 heteroatoms. The van der Waals surface area contributed by atoms with Crippen LogP contribution in [0.2, 0.25) is 5.02 Å². The highest BCUT2D eigenvalue weighted by Gasteiger charge is 2.05. The Balaban J connectivity index is 1.92. The van der Waals surface area contributed by atoms with Gasteiger partial charge in [-0.15, -0.1) is 11.3 Å². The first kappa shape index (κ1) is 11.6. The summed E-state index contributed by atoms with van der Waals surface area (Å²) >= 11 is 7.37. The SMILES string of the molecule is Fc1ccc2nc(Cc3ccc(Cl)cc3)sc2c1. The maximum Gasteiger partial charge on any atom is 0.124 e. The van der Waals surface area contributed by atoms with Crippen molar-refractivity contribution in [3.05, 3.63) is 63.9 Å². The normalized spacial score (nSPS) is 11.0. The van der Waals surface area contributed by atoms with Crippen molar-refractivity contribution in [3.8, 4) is 0 Å². The molecule has 1 nitrogen and oxygen atoms in total. The monoisotopic (exact) mass is 277 g/mol. The van der Waals surface area contributed by atoms with Gasteiger partial charge >= 0.3 is 0 Å². The molecule has 2 aromatic carbocycles. The van der Waals surface area contributed by atoms with Gasteiger partial charge in [0.25, 0.3) is 0 Å². The van der Waals surface area contributed by atoms with E-state index in [4.69, 9.17) is 11.6 Å². The maximum absolute atomic E-state index is 13.1. The van der Waals surface area contributed by atoms with E-state index in [9.17, 15) is 4.39 Å². The summed E-state index contributed by atoms with van der Waals surface area (Å²) in [7, 11) is 0. The van der Waals surface area contributed by atoms with Gasteiger partial charge in [-0.3, -0.25) is 0 Å². The lowest BCUT2D eigenvalue weighted by Crippen LogP contribution is -1.85. The fourth-order valence-corrected chi connectivity index (χ4v) is 2.95. The molecular formula is C14H9ClFNS. The largest absolute Gasteiger partial charge is 0.241 e. The highest BCUT2D eigenvalue weighted by molar-refractivity contribution is 7.18. The van der Waals surface area contributed by atoms with Crippen LogP contribution in [0.4, 0.5) is 4.39 Å². The smallest absolute Gasteiger partial charge is 0.124 e. The molecule has 0 unspecified atom stereocenters. The van der Waals surface area contributed by atoms with Crippen molar-refractivity contribution in [2.24, 2.45) is 0 Å². The molecule has 0 aliphatic carbocycles. The minimum absolute atomic E-state index is 0.218. The molecule has 0 bridgehead atoms. The molecule has 3 rings (SSSR count). The van der Waals surface area contributed by atoms with Gasteiger partial charge in [0.05, 0.1) is 15.2 Å². The number of aromatic nitrogens is 1. The summed E-state index contributed by atoms with van der Waals surface area (Å²) in [6.07, 6.45) is 0.748. The highest BCUT2D eigenvalue weighted by atomic mass is 35.5. The quantitative estimate of drug-likeness (QED) is 0.663. The van der Waals surface area contributed by atoms with Gasteiger partial charge in [-0.1, -0.05) is 23.7 Å². The van der Waals surface area contributed by atoms with Crippen LogP contribution in [0.15, 0.2) is 42.5 Å².